The molecule has 2 heterocycles. The topological polar surface area (TPSA) is 60.9 Å². The molecule has 0 bridgehead atoms. The minimum Gasteiger partial charge on any atom is -0.364 e. The highest BCUT2D eigenvalue weighted by Crippen LogP contribution is 2.28. The Labute approximate surface area is 118 Å². The van der Waals surface area contributed by atoms with Gasteiger partial charge in [0.1, 0.15) is 11.5 Å². The molecule has 0 fully saturated rings. The Morgan fingerprint density at radius 1 is 1.25 bits per heavy atom. The third-order valence-electron chi connectivity index (χ3n) is 4.12. The van der Waals surface area contributed by atoms with Gasteiger partial charge in [0.05, 0.1) is 5.69 Å². The fourth-order valence-corrected chi connectivity index (χ4v) is 2.84. The summed E-state index contributed by atoms with van der Waals surface area (Å²) in [6.45, 7) is 5.10. The molecule has 2 aromatic rings. The van der Waals surface area contributed by atoms with Gasteiger partial charge in [-0.1, -0.05) is 12.1 Å². The van der Waals surface area contributed by atoms with Crippen LogP contribution in [0.25, 0.3) is 11.4 Å². The van der Waals surface area contributed by atoms with Crippen molar-refractivity contribution < 1.29 is 4.79 Å². The largest absolute Gasteiger partial charge is 0.364 e. The number of fused-ring (bicyclic) bond motifs is 1. The summed E-state index contributed by atoms with van der Waals surface area (Å²) in [7, 11) is 0. The van der Waals surface area contributed by atoms with Crippen molar-refractivity contribution in [1.29, 1.82) is 0 Å². The Morgan fingerprint density at radius 3 is 2.75 bits per heavy atom. The molecule has 0 radical (unpaired) electrons. The number of hydrogen-bond donors (Lipinski definition) is 1. The van der Waals surface area contributed by atoms with Crippen LogP contribution in [0, 0.1) is 13.8 Å². The van der Waals surface area contributed by atoms with Crippen LogP contribution in [-0.2, 0) is 13.0 Å². The minimum atomic E-state index is -0.425. The number of rotatable bonds is 2. The molecule has 4 nitrogen and oxygen atoms in total. The fraction of sp³-hybridized carbons (Fsp3) is 0.375. The maximum Gasteiger partial charge on any atom is 0.269 e. The summed E-state index contributed by atoms with van der Waals surface area (Å²) in [4.78, 5) is 16.1. The molecule has 3 rings (SSSR count). The SMILES string of the molecule is Cc1ccc(-c2nc(C(N)=O)c3n2CCCC3)cc1C. The molecule has 1 aromatic carbocycles. The molecule has 0 atom stereocenters. The summed E-state index contributed by atoms with van der Waals surface area (Å²) in [5.74, 6) is 0.447. The van der Waals surface area contributed by atoms with Crippen molar-refractivity contribution in [3.05, 3.63) is 40.7 Å². The second kappa shape index (κ2) is 4.78. The molecule has 2 N–H and O–H groups in total. The molecular weight excluding hydrogens is 250 g/mol. The summed E-state index contributed by atoms with van der Waals surface area (Å²) in [6, 6.07) is 6.29. The molecule has 104 valence electrons. The van der Waals surface area contributed by atoms with Gasteiger partial charge in [-0.05, 0) is 50.3 Å². The predicted molar refractivity (Wildman–Crippen MR) is 78.6 cm³/mol. The molecule has 1 aliphatic heterocycles. The molecule has 0 unspecified atom stereocenters. The lowest BCUT2D eigenvalue weighted by molar-refractivity contribution is 0.0994. The Kier molecular flexibility index (Phi) is 3.08. The quantitative estimate of drug-likeness (QED) is 0.911. The summed E-state index contributed by atoms with van der Waals surface area (Å²) >= 11 is 0. The predicted octanol–water partition coefficient (Wildman–Crippen LogP) is 2.60. The van der Waals surface area contributed by atoms with E-state index in [0.717, 1.165) is 42.9 Å². The lowest BCUT2D eigenvalue weighted by atomic mass is 10.1. The van der Waals surface area contributed by atoms with Crippen LogP contribution in [0.4, 0.5) is 0 Å². The van der Waals surface area contributed by atoms with E-state index in [1.807, 2.05) is 0 Å². The lowest BCUT2D eigenvalue weighted by Gasteiger charge is -2.17. The molecule has 4 heteroatoms. The van der Waals surface area contributed by atoms with Gasteiger partial charge in [-0.3, -0.25) is 4.79 Å². The lowest BCUT2D eigenvalue weighted by Crippen LogP contribution is -2.17. The molecule has 0 saturated carbocycles. The molecule has 1 aromatic heterocycles. The van der Waals surface area contributed by atoms with Gasteiger partial charge in [0.2, 0.25) is 0 Å². The van der Waals surface area contributed by atoms with Crippen LogP contribution in [0.5, 0.6) is 0 Å². The van der Waals surface area contributed by atoms with E-state index in [1.54, 1.807) is 0 Å². The van der Waals surface area contributed by atoms with Gasteiger partial charge in [0.25, 0.3) is 5.91 Å². The number of carbonyl (C=O) groups excluding carboxylic acids is 1. The van der Waals surface area contributed by atoms with Crippen molar-refractivity contribution >= 4 is 5.91 Å². The second-order valence-electron chi connectivity index (χ2n) is 5.50. The molecule has 1 amide bonds. The third-order valence-corrected chi connectivity index (χ3v) is 4.12. The Balaban J connectivity index is 2.18. The van der Waals surface area contributed by atoms with Crippen molar-refractivity contribution in [2.75, 3.05) is 0 Å². The van der Waals surface area contributed by atoms with Crippen LogP contribution < -0.4 is 5.73 Å². The van der Waals surface area contributed by atoms with Crippen LogP contribution in [-0.4, -0.2) is 15.5 Å². The Bertz CT molecular complexity index is 685. The van der Waals surface area contributed by atoms with E-state index in [-0.39, 0.29) is 0 Å². The number of amides is 1. The van der Waals surface area contributed by atoms with Crippen LogP contribution in [0.3, 0.4) is 0 Å². The van der Waals surface area contributed by atoms with E-state index in [1.165, 1.54) is 11.1 Å². The summed E-state index contributed by atoms with van der Waals surface area (Å²) in [5, 5.41) is 0. The van der Waals surface area contributed by atoms with Gasteiger partial charge in [-0.25, -0.2) is 4.98 Å². The van der Waals surface area contributed by atoms with E-state index in [2.05, 4.69) is 41.6 Å². The minimum absolute atomic E-state index is 0.425. The number of hydrogen-bond acceptors (Lipinski definition) is 2. The van der Waals surface area contributed by atoms with Crippen molar-refractivity contribution in [2.45, 2.75) is 39.7 Å². The first kappa shape index (κ1) is 12.9. The molecular formula is C16H19N3O. The van der Waals surface area contributed by atoms with Crippen molar-refractivity contribution in [3.63, 3.8) is 0 Å². The first-order valence-electron chi connectivity index (χ1n) is 7.05. The van der Waals surface area contributed by atoms with Crippen LogP contribution in [0.15, 0.2) is 18.2 Å². The normalized spacial score (nSPS) is 14.1. The standard InChI is InChI=1S/C16H19N3O/c1-10-6-7-12(9-11(10)2)16-18-14(15(17)20)13-5-3-4-8-19(13)16/h6-7,9H,3-5,8H2,1-2H3,(H2,17,20). The van der Waals surface area contributed by atoms with E-state index in [9.17, 15) is 4.79 Å². The van der Waals surface area contributed by atoms with Crippen molar-refractivity contribution in [3.8, 4) is 11.4 Å². The molecule has 0 aliphatic carbocycles. The van der Waals surface area contributed by atoms with Gasteiger partial charge >= 0.3 is 0 Å². The van der Waals surface area contributed by atoms with E-state index in [0.29, 0.717) is 5.69 Å². The third kappa shape index (κ3) is 2.01. The molecule has 20 heavy (non-hydrogen) atoms. The highest BCUT2D eigenvalue weighted by atomic mass is 16.1. The highest BCUT2D eigenvalue weighted by molar-refractivity contribution is 5.93. The van der Waals surface area contributed by atoms with E-state index < -0.39 is 5.91 Å². The monoisotopic (exact) mass is 269 g/mol. The molecule has 0 saturated heterocycles. The first-order chi connectivity index (χ1) is 9.58. The zero-order valence-corrected chi connectivity index (χ0v) is 11.9. The number of carbonyl (C=O) groups is 1. The van der Waals surface area contributed by atoms with Gasteiger partial charge in [-0.2, -0.15) is 0 Å². The maximum atomic E-state index is 11.6. The highest BCUT2D eigenvalue weighted by Gasteiger charge is 2.23. The summed E-state index contributed by atoms with van der Waals surface area (Å²) in [6.07, 6.45) is 3.11. The number of nitrogens with zero attached hydrogens (tertiary/aromatic N) is 2. The number of primary amides is 1. The Hall–Kier alpha value is -2.10. The number of aryl methyl sites for hydroxylation is 2. The van der Waals surface area contributed by atoms with Gasteiger partial charge in [0.15, 0.2) is 0 Å². The van der Waals surface area contributed by atoms with Crippen LogP contribution in [0.1, 0.15) is 40.2 Å². The van der Waals surface area contributed by atoms with Gasteiger partial charge < -0.3 is 10.3 Å². The number of benzene rings is 1. The molecule has 1 aliphatic rings. The average molecular weight is 269 g/mol. The Morgan fingerprint density at radius 2 is 2.05 bits per heavy atom. The average Bonchev–Trinajstić information content (AvgIpc) is 2.82. The molecule has 0 spiro atoms. The zero-order chi connectivity index (χ0) is 14.3. The van der Waals surface area contributed by atoms with E-state index in [4.69, 9.17) is 5.73 Å². The number of aromatic nitrogens is 2. The van der Waals surface area contributed by atoms with Gasteiger partial charge in [-0.15, -0.1) is 0 Å². The first-order valence-corrected chi connectivity index (χ1v) is 7.05. The maximum absolute atomic E-state index is 11.6. The van der Waals surface area contributed by atoms with Gasteiger partial charge in [0, 0.05) is 12.1 Å². The smallest absolute Gasteiger partial charge is 0.269 e. The summed E-state index contributed by atoms with van der Waals surface area (Å²) < 4.78 is 2.16. The number of imidazole rings is 1. The van der Waals surface area contributed by atoms with E-state index >= 15 is 0 Å². The zero-order valence-electron chi connectivity index (χ0n) is 11.9. The van der Waals surface area contributed by atoms with Crippen LogP contribution in [0.2, 0.25) is 0 Å². The van der Waals surface area contributed by atoms with Crippen LogP contribution >= 0.6 is 0 Å². The fourth-order valence-electron chi connectivity index (χ4n) is 2.84. The number of nitrogens with two attached hydrogens (primary N) is 1. The van der Waals surface area contributed by atoms with Crippen molar-refractivity contribution in [2.24, 2.45) is 5.73 Å². The second-order valence-corrected chi connectivity index (χ2v) is 5.50. The summed E-state index contributed by atoms with van der Waals surface area (Å²) in [5.41, 5.74) is 10.5. The van der Waals surface area contributed by atoms with Crippen molar-refractivity contribution in [1.82, 2.24) is 9.55 Å².